The summed E-state index contributed by atoms with van der Waals surface area (Å²) < 4.78 is 107. The Morgan fingerprint density at radius 2 is 1.38 bits per heavy atom. The van der Waals surface area contributed by atoms with Crippen molar-refractivity contribution in [3.63, 3.8) is 0 Å². The van der Waals surface area contributed by atoms with Crippen LogP contribution in [0.3, 0.4) is 0 Å². The Balaban J connectivity index is 1.62. The predicted molar refractivity (Wildman–Crippen MR) is 156 cm³/mol. The lowest BCUT2D eigenvalue weighted by atomic mass is 9.93. The zero-order valence-electron chi connectivity index (χ0n) is 24.3. The van der Waals surface area contributed by atoms with Crippen molar-refractivity contribution >= 4 is 34.9 Å². The lowest BCUT2D eigenvalue weighted by Gasteiger charge is -2.25. The zero-order valence-corrected chi connectivity index (χ0v) is 24.3. The van der Waals surface area contributed by atoms with Gasteiger partial charge >= 0.3 is 30.3 Å². The SMILES string of the molecule is O=C(NCC(F)(F)C(=O)O)c1ccc(CN(C(=O)Nc2cc(C(F)(F)F)cc(C(F)(F)F)c2)c2ccc(C3=CCCCC3)cc2)cc1. The number of hydrogen-bond donors (Lipinski definition) is 3. The number of urea groups is 1. The largest absolute Gasteiger partial charge is 0.477 e. The van der Waals surface area contributed by atoms with Crippen LogP contribution in [0, 0.1) is 0 Å². The smallest absolute Gasteiger partial charge is 0.416 e. The molecule has 1 aliphatic rings. The second-order valence-electron chi connectivity index (χ2n) is 10.7. The minimum absolute atomic E-state index is 0.0629. The number of rotatable bonds is 9. The first-order chi connectivity index (χ1) is 21.9. The molecule has 0 aromatic heterocycles. The fraction of sp³-hybridized carbons (Fsp3) is 0.281. The van der Waals surface area contributed by atoms with Crippen LogP contribution < -0.4 is 15.5 Å². The van der Waals surface area contributed by atoms with Gasteiger partial charge in [-0.1, -0.05) is 30.3 Å². The number of alkyl halides is 8. The number of benzene rings is 3. The highest BCUT2D eigenvalue weighted by Gasteiger charge is 2.39. The van der Waals surface area contributed by atoms with Crippen molar-refractivity contribution in [2.45, 2.75) is 50.5 Å². The molecule has 15 heteroatoms. The van der Waals surface area contributed by atoms with Crippen molar-refractivity contribution in [3.05, 3.63) is 101 Å². The molecule has 4 rings (SSSR count). The van der Waals surface area contributed by atoms with Crippen molar-refractivity contribution in [1.29, 1.82) is 0 Å². The molecule has 0 radical (unpaired) electrons. The Morgan fingerprint density at radius 1 is 0.787 bits per heavy atom. The van der Waals surface area contributed by atoms with E-state index < -0.39 is 59.5 Å². The van der Waals surface area contributed by atoms with Crippen LogP contribution in [0.1, 0.15) is 58.3 Å². The number of anilines is 2. The molecule has 3 N–H and O–H groups in total. The van der Waals surface area contributed by atoms with E-state index in [2.05, 4.69) is 11.4 Å². The van der Waals surface area contributed by atoms with Gasteiger partial charge in [-0.3, -0.25) is 9.69 Å². The summed E-state index contributed by atoms with van der Waals surface area (Å²) in [6, 6.07) is 11.3. The lowest BCUT2D eigenvalue weighted by Crippen LogP contribution is -2.42. The number of aliphatic carboxylic acids is 1. The summed E-state index contributed by atoms with van der Waals surface area (Å²) in [6.07, 6.45) is -4.39. The summed E-state index contributed by atoms with van der Waals surface area (Å²) in [6.45, 7) is -1.74. The van der Waals surface area contributed by atoms with Gasteiger partial charge in [-0.2, -0.15) is 35.1 Å². The Hall–Kier alpha value is -4.95. The van der Waals surface area contributed by atoms with Gasteiger partial charge in [-0.05, 0) is 84.8 Å². The molecule has 1 aliphatic carbocycles. The molecule has 47 heavy (non-hydrogen) atoms. The fourth-order valence-corrected chi connectivity index (χ4v) is 4.77. The van der Waals surface area contributed by atoms with Gasteiger partial charge in [-0.25, -0.2) is 9.59 Å². The average molecular weight is 670 g/mol. The van der Waals surface area contributed by atoms with E-state index in [0.717, 1.165) is 41.7 Å². The molecule has 250 valence electrons. The highest BCUT2D eigenvalue weighted by Crippen LogP contribution is 2.38. The van der Waals surface area contributed by atoms with Crippen LogP contribution in [0.2, 0.25) is 0 Å². The standard InChI is InChI=1S/C32H27F8N3O4/c33-30(34,28(45)46)18-41-27(44)22-8-6-19(7-9-22)17-43(26-12-10-21(11-13-26)20-4-2-1-3-5-20)29(47)42-25-15-23(31(35,36)37)14-24(16-25)32(38,39)40/h4,6-16H,1-3,5,17-18H2,(H,41,44)(H,42,47)(H,45,46). The van der Waals surface area contributed by atoms with Gasteiger partial charge in [-0.15, -0.1) is 0 Å². The predicted octanol–water partition coefficient (Wildman–Crippen LogP) is 8.37. The summed E-state index contributed by atoms with van der Waals surface area (Å²) in [7, 11) is 0. The van der Waals surface area contributed by atoms with Crippen LogP contribution in [0.15, 0.2) is 72.8 Å². The number of nitrogens with zero attached hydrogens (tertiary/aromatic N) is 1. The summed E-state index contributed by atoms with van der Waals surface area (Å²) in [5.41, 5.74) is -1.56. The van der Waals surface area contributed by atoms with Crippen LogP contribution in [-0.2, 0) is 23.7 Å². The van der Waals surface area contributed by atoms with E-state index in [-0.39, 0.29) is 23.9 Å². The molecule has 0 saturated heterocycles. The zero-order chi connectivity index (χ0) is 34.6. The van der Waals surface area contributed by atoms with E-state index in [1.54, 1.807) is 29.6 Å². The van der Waals surface area contributed by atoms with Crippen molar-refractivity contribution < 1.29 is 54.6 Å². The van der Waals surface area contributed by atoms with E-state index >= 15 is 0 Å². The highest BCUT2D eigenvalue weighted by molar-refractivity contribution is 6.02. The molecule has 3 aromatic carbocycles. The first-order valence-corrected chi connectivity index (χ1v) is 14.1. The van der Waals surface area contributed by atoms with Crippen LogP contribution in [0.5, 0.6) is 0 Å². The maximum absolute atomic E-state index is 13.5. The Labute approximate surface area is 262 Å². The summed E-state index contributed by atoms with van der Waals surface area (Å²) in [5, 5.41) is 12.4. The summed E-state index contributed by atoms with van der Waals surface area (Å²) in [5.74, 6) is -7.63. The van der Waals surface area contributed by atoms with E-state index in [9.17, 15) is 49.5 Å². The first kappa shape index (κ1) is 34.9. The molecule has 0 unspecified atom stereocenters. The van der Waals surface area contributed by atoms with Crippen molar-refractivity contribution in [2.75, 3.05) is 16.8 Å². The molecule has 7 nitrogen and oxygen atoms in total. The van der Waals surface area contributed by atoms with Crippen molar-refractivity contribution in [2.24, 2.45) is 0 Å². The summed E-state index contributed by atoms with van der Waals surface area (Å²) in [4.78, 5) is 37.4. The van der Waals surface area contributed by atoms with Gasteiger partial charge < -0.3 is 15.7 Å². The molecule has 0 atom stereocenters. The topological polar surface area (TPSA) is 98.7 Å². The van der Waals surface area contributed by atoms with Gasteiger partial charge in [0.2, 0.25) is 0 Å². The Bertz CT molecular complexity index is 1620. The highest BCUT2D eigenvalue weighted by atomic mass is 19.4. The molecule has 0 bridgehead atoms. The van der Waals surface area contributed by atoms with E-state index in [1.807, 2.05) is 0 Å². The van der Waals surface area contributed by atoms with E-state index in [1.165, 1.54) is 24.3 Å². The molecular weight excluding hydrogens is 642 g/mol. The van der Waals surface area contributed by atoms with Crippen molar-refractivity contribution in [1.82, 2.24) is 5.32 Å². The second kappa shape index (κ2) is 13.8. The number of carboxylic acid groups (broad SMARTS) is 1. The maximum Gasteiger partial charge on any atom is 0.416 e. The maximum atomic E-state index is 13.5. The number of halogens is 8. The van der Waals surface area contributed by atoms with E-state index in [0.29, 0.717) is 17.7 Å². The van der Waals surface area contributed by atoms with Gasteiger partial charge in [0, 0.05) is 16.9 Å². The Kier molecular flexibility index (Phi) is 10.3. The minimum Gasteiger partial charge on any atom is -0.477 e. The number of nitrogens with one attached hydrogen (secondary N) is 2. The number of carbonyl (C=O) groups is 3. The number of amides is 3. The first-order valence-electron chi connectivity index (χ1n) is 14.1. The van der Waals surface area contributed by atoms with Crippen LogP contribution in [-0.4, -0.2) is 35.5 Å². The second-order valence-corrected chi connectivity index (χ2v) is 10.7. The molecule has 0 aliphatic heterocycles. The third-order valence-electron chi connectivity index (χ3n) is 7.27. The molecule has 0 spiro atoms. The van der Waals surface area contributed by atoms with Crippen LogP contribution in [0.25, 0.3) is 5.57 Å². The molecule has 0 fully saturated rings. The van der Waals surface area contributed by atoms with Crippen molar-refractivity contribution in [3.8, 4) is 0 Å². The minimum atomic E-state index is -5.14. The molecular formula is C32H27F8N3O4. The number of carboxylic acids is 1. The van der Waals surface area contributed by atoms with Gasteiger partial charge in [0.05, 0.1) is 24.2 Å². The van der Waals surface area contributed by atoms with Crippen LogP contribution >= 0.6 is 0 Å². The van der Waals surface area contributed by atoms with Crippen LogP contribution in [0.4, 0.5) is 51.3 Å². The molecule has 3 aromatic rings. The normalized spacial score (nSPS) is 13.8. The summed E-state index contributed by atoms with van der Waals surface area (Å²) >= 11 is 0. The third kappa shape index (κ3) is 9.08. The fourth-order valence-electron chi connectivity index (χ4n) is 4.77. The molecule has 0 heterocycles. The average Bonchev–Trinajstić information content (AvgIpc) is 3.02. The lowest BCUT2D eigenvalue weighted by molar-refractivity contribution is -0.163. The van der Waals surface area contributed by atoms with Gasteiger partial charge in [0.25, 0.3) is 5.91 Å². The number of carbonyl (C=O) groups excluding carboxylic acids is 2. The number of allylic oxidation sites excluding steroid dienone is 2. The Morgan fingerprint density at radius 3 is 1.89 bits per heavy atom. The van der Waals surface area contributed by atoms with E-state index in [4.69, 9.17) is 5.11 Å². The monoisotopic (exact) mass is 669 g/mol. The third-order valence-corrected chi connectivity index (χ3v) is 7.27. The molecule has 0 saturated carbocycles. The number of hydrogen-bond acceptors (Lipinski definition) is 3. The molecule has 3 amide bonds. The van der Waals surface area contributed by atoms with Gasteiger partial charge in [0.1, 0.15) is 0 Å². The van der Waals surface area contributed by atoms with Gasteiger partial charge in [0.15, 0.2) is 0 Å². The quantitative estimate of drug-likeness (QED) is 0.200.